The maximum absolute atomic E-state index is 12.3. The van der Waals surface area contributed by atoms with Crippen molar-refractivity contribution < 1.29 is 4.79 Å². The summed E-state index contributed by atoms with van der Waals surface area (Å²) in [6.45, 7) is 7.42. The van der Waals surface area contributed by atoms with Gasteiger partial charge in [0.1, 0.15) is 0 Å². The summed E-state index contributed by atoms with van der Waals surface area (Å²) >= 11 is 0. The molecular formula is C17H25N3O. The molecule has 114 valence electrons. The number of aromatic nitrogens is 1. The highest BCUT2D eigenvalue weighted by molar-refractivity contribution is 5.77. The Morgan fingerprint density at radius 1 is 1.33 bits per heavy atom. The molecular weight excluding hydrogens is 262 g/mol. The van der Waals surface area contributed by atoms with Gasteiger partial charge < -0.3 is 9.80 Å². The molecule has 0 spiro atoms. The van der Waals surface area contributed by atoms with Gasteiger partial charge in [0.05, 0.1) is 0 Å². The number of hydrogen-bond acceptors (Lipinski definition) is 3. The van der Waals surface area contributed by atoms with Crippen LogP contribution in [0.5, 0.6) is 0 Å². The highest BCUT2D eigenvalue weighted by Gasteiger charge is 2.33. The summed E-state index contributed by atoms with van der Waals surface area (Å²) in [7, 11) is 0. The maximum atomic E-state index is 12.3. The van der Waals surface area contributed by atoms with E-state index in [0.29, 0.717) is 17.7 Å². The maximum Gasteiger partial charge on any atom is 0.222 e. The van der Waals surface area contributed by atoms with Gasteiger partial charge in [0.2, 0.25) is 5.91 Å². The summed E-state index contributed by atoms with van der Waals surface area (Å²) in [5.74, 6) is 1.44. The van der Waals surface area contributed by atoms with Gasteiger partial charge in [-0.1, -0.05) is 13.0 Å². The molecule has 2 fully saturated rings. The number of carbonyl (C=O) groups excluding carboxylic acids is 1. The van der Waals surface area contributed by atoms with Crippen molar-refractivity contribution in [3.05, 3.63) is 30.1 Å². The third-order valence-corrected chi connectivity index (χ3v) is 5.01. The van der Waals surface area contributed by atoms with Gasteiger partial charge in [0.15, 0.2) is 0 Å². The molecule has 0 bridgehead atoms. The van der Waals surface area contributed by atoms with Crippen molar-refractivity contribution in [3.63, 3.8) is 0 Å². The molecule has 0 atom stereocenters. The number of carbonyl (C=O) groups is 1. The fraction of sp³-hybridized carbons (Fsp3) is 0.647. The number of rotatable bonds is 4. The third kappa shape index (κ3) is 3.43. The lowest BCUT2D eigenvalue weighted by Crippen LogP contribution is -2.49. The second kappa shape index (κ2) is 6.56. The Kier molecular flexibility index (Phi) is 4.54. The van der Waals surface area contributed by atoms with Gasteiger partial charge in [-0.2, -0.15) is 0 Å². The minimum absolute atomic E-state index is 0.352. The summed E-state index contributed by atoms with van der Waals surface area (Å²) in [5.41, 5.74) is 1.26. The molecule has 1 aromatic heterocycles. The lowest BCUT2D eigenvalue weighted by atomic mass is 9.89. The van der Waals surface area contributed by atoms with Gasteiger partial charge in [-0.05, 0) is 50.0 Å². The van der Waals surface area contributed by atoms with Crippen LogP contribution in [0.1, 0.15) is 37.7 Å². The number of piperidine rings is 1. The first-order chi connectivity index (χ1) is 10.3. The number of nitrogens with zero attached hydrogens (tertiary/aromatic N) is 3. The smallest absolute Gasteiger partial charge is 0.222 e. The first kappa shape index (κ1) is 14.5. The highest BCUT2D eigenvalue weighted by Crippen LogP contribution is 2.29. The van der Waals surface area contributed by atoms with E-state index < -0.39 is 0 Å². The third-order valence-electron chi connectivity index (χ3n) is 5.01. The zero-order chi connectivity index (χ0) is 14.7. The van der Waals surface area contributed by atoms with E-state index in [0.717, 1.165) is 39.1 Å². The molecule has 2 saturated heterocycles. The van der Waals surface area contributed by atoms with E-state index in [4.69, 9.17) is 0 Å². The Balaban J connectivity index is 1.42. The van der Waals surface area contributed by atoms with Crippen LogP contribution in [0.4, 0.5) is 0 Å². The van der Waals surface area contributed by atoms with Gasteiger partial charge in [-0.25, -0.2) is 0 Å². The monoisotopic (exact) mass is 287 g/mol. The normalized spacial score (nSPS) is 21.3. The Bertz CT molecular complexity index is 462. The Hall–Kier alpha value is -1.42. The molecule has 3 heterocycles. The lowest BCUT2D eigenvalue weighted by Gasteiger charge is -2.40. The molecule has 1 amide bonds. The SMILES string of the molecule is CCN1CCC(CC(=O)N2CC(c3cccnc3)C2)CC1. The zero-order valence-electron chi connectivity index (χ0n) is 12.9. The zero-order valence-corrected chi connectivity index (χ0v) is 12.9. The average molecular weight is 287 g/mol. The summed E-state index contributed by atoms with van der Waals surface area (Å²) in [6, 6.07) is 4.08. The predicted octanol–water partition coefficient (Wildman–Crippen LogP) is 2.13. The van der Waals surface area contributed by atoms with Crippen LogP contribution >= 0.6 is 0 Å². The summed E-state index contributed by atoms with van der Waals surface area (Å²) in [4.78, 5) is 21.0. The largest absolute Gasteiger partial charge is 0.341 e. The van der Waals surface area contributed by atoms with Crippen molar-refractivity contribution in [1.82, 2.24) is 14.8 Å². The van der Waals surface area contributed by atoms with E-state index in [1.54, 1.807) is 6.20 Å². The van der Waals surface area contributed by atoms with E-state index >= 15 is 0 Å². The first-order valence-corrected chi connectivity index (χ1v) is 8.16. The lowest BCUT2D eigenvalue weighted by molar-refractivity contribution is -0.137. The summed E-state index contributed by atoms with van der Waals surface area (Å²) in [6.07, 6.45) is 6.83. The van der Waals surface area contributed by atoms with Gasteiger partial charge in [0, 0.05) is 37.8 Å². The Morgan fingerprint density at radius 3 is 2.71 bits per heavy atom. The first-order valence-electron chi connectivity index (χ1n) is 8.16. The van der Waals surface area contributed by atoms with Crippen molar-refractivity contribution in [2.24, 2.45) is 5.92 Å². The molecule has 4 nitrogen and oxygen atoms in total. The quantitative estimate of drug-likeness (QED) is 0.851. The van der Waals surface area contributed by atoms with Crippen LogP contribution in [-0.4, -0.2) is 53.4 Å². The average Bonchev–Trinajstić information content (AvgIpc) is 2.47. The van der Waals surface area contributed by atoms with Crippen molar-refractivity contribution in [3.8, 4) is 0 Å². The van der Waals surface area contributed by atoms with E-state index in [-0.39, 0.29) is 0 Å². The molecule has 21 heavy (non-hydrogen) atoms. The van der Waals surface area contributed by atoms with E-state index in [2.05, 4.69) is 22.9 Å². The molecule has 0 aliphatic carbocycles. The van der Waals surface area contributed by atoms with Crippen molar-refractivity contribution >= 4 is 5.91 Å². The number of hydrogen-bond donors (Lipinski definition) is 0. The van der Waals surface area contributed by atoms with Crippen LogP contribution in [-0.2, 0) is 4.79 Å². The van der Waals surface area contributed by atoms with Gasteiger partial charge >= 0.3 is 0 Å². The molecule has 2 aliphatic heterocycles. The number of likely N-dealkylation sites (tertiary alicyclic amines) is 2. The molecule has 0 N–H and O–H groups in total. The molecule has 3 rings (SSSR count). The molecule has 0 unspecified atom stereocenters. The standard InChI is InChI=1S/C17H25N3O/c1-2-19-8-5-14(6-9-19)10-17(21)20-12-16(13-20)15-4-3-7-18-11-15/h3-4,7,11,14,16H,2,5-6,8-10,12-13H2,1H3. The van der Waals surface area contributed by atoms with Crippen LogP contribution in [0.15, 0.2) is 24.5 Å². The fourth-order valence-electron chi connectivity index (χ4n) is 3.39. The van der Waals surface area contributed by atoms with Crippen LogP contribution in [0.3, 0.4) is 0 Å². The minimum Gasteiger partial charge on any atom is -0.341 e. The van der Waals surface area contributed by atoms with Crippen LogP contribution in [0.2, 0.25) is 0 Å². The fourth-order valence-corrected chi connectivity index (χ4v) is 3.39. The van der Waals surface area contributed by atoms with Gasteiger partial charge in [-0.15, -0.1) is 0 Å². The molecule has 0 radical (unpaired) electrons. The summed E-state index contributed by atoms with van der Waals surface area (Å²) in [5, 5.41) is 0. The van der Waals surface area contributed by atoms with Gasteiger partial charge in [-0.3, -0.25) is 9.78 Å². The molecule has 0 saturated carbocycles. The summed E-state index contributed by atoms with van der Waals surface area (Å²) < 4.78 is 0. The van der Waals surface area contributed by atoms with Crippen LogP contribution in [0.25, 0.3) is 0 Å². The molecule has 1 aromatic rings. The van der Waals surface area contributed by atoms with E-state index in [1.807, 2.05) is 17.2 Å². The van der Waals surface area contributed by atoms with Crippen LogP contribution in [0, 0.1) is 5.92 Å². The minimum atomic E-state index is 0.352. The molecule has 0 aromatic carbocycles. The Morgan fingerprint density at radius 2 is 2.10 bits per heavy atom. The molecule has 4 heteroatoms. The molecule has 2 aliphatic rings. The Labute approximate surface area is 127 Å². The van der Waals surface area contributed by atoms with Crippen molar-refractivity contribution in [2.75, 3.05) is 32.7 Å². The predicted molar refractivity (Wildman–Crippen MR) is 83.0 cm³/mol. The topological polar surface area (TPSA) is 36.4 Å². The second-order valence-corrected chi connectivity index (χ2v) is 6.36. The van der Waals surface area contributed by atoms with Crippen molar-refractivity contribution in [1.29, 1.82) is 0 Å². The number of pyridine rings is 1. The van der Waals surface area contributed by atoms with Gasteiger partial charge in [0.25, 0.3) is 0 Å². The van der Waals surface area contributed by atoms with Crippen LogP contribution < -0.4 is 0 Å². The second-order valence-electron chi connectivity index (χ2n) is 6.36. The van der Waals surface area contributed by atoms with Crippen molar-refractivity contribution in [2.45, 2.75) is 32.1 Å². The van der Waals surface area contributed by atoms with E-state index in [9.17, 15) is 4.79 Å². The number of amides is 1. The van der Waals surface area contributed by atoms with E-state index in [1.165, 1.54) is 18.4 Å². The highest BCUT2D eigenvalue weighted by atomic mass is 16.2.